The fourth-order valence-electron chi connectivity index (χ4n) is 1.79. The normalized spacial score (nSPS) is 24.7. The lowest BCUT2D eigenvalue weighted by Crippen LogP contribution is -2.37. The Kier molecular flexibility index (Phi) is 2.92. The van der Waals surface area contributed by atoms with Crippen LogP contribution in [-0.2, 0) is 0 Å². The minimum absolute atomic E-state index is 0.0239. The molecule has 0 radical (unpaired) electrons. The van der Waals surface area contributed by atoms with Crippen molar-refractivity contribution < 1.29 is 4.79 Å². The molecule has 1 heterocycles. The van der Waals surface area contributed by atoms with Gasteiger partial charge in [0.25, 0.3) is 5.91 Å². The van der Waals surface area contributed by atoms with E-state index >= 15 is 0 Å². The van der Waals surface area contributed by atoms with Gasteiger partial charge < -0.3 is 5.32 Å². The largest absolute Gasteiger partial charge is 0.347 e. The lowest BCUT2D eigenvalue weighted by Gasteiger charge is -2.13. The number of nitriles is 1. The van der Waals surface area contributed by atoms with Crippen molar-refractivity contribution in [2.75, 3.05) is 0 Å². The first-order valence-corrected chi connectivity index (χ1v) is 5.62. The van der Waals surface area contributed by atoms with Crippen LogP contribution in [0.4, 0.5) is 0 Å². The van der Waals surface area contributed by atoms with E-state index in [2.05, 4.69) is 21.0 Å². The van der Waals surface area contributed by atoms with Crippen molar-refractivity contribution in [3.05, 3.63) is 11.1 Å². The molecule has 5 nitrogen and oxygen atoms in total. The summed E-state index contributed by atoms with van der Waals surface area (Å²) in [6.45, 7) is 0. The lowest BCUT2D eigenvalue weighted by atomic mass is 10.1. The molecule has 1 amide bonds. The molecule has 0 bridgehead atoms. The average Bonchev–Trinajstić information content (AvgIpc) is 2.87. The Morgan fingerprint density at radius 2 is 2.53 bits per heavy atom. The molecule has 15 heavy (non-hydrogen) atoms. The number of rotatable bonds is 2. The van der Waals surface area contributed by atoms with Gasteiger partial charge in [-0.25, -0.2) is 0 Å². The zero-order valence-electron chi connectivity index (χ0n) is 8.01. The number of carbonyl (C=O) groups is 1. The molecule has 1 fully saturated rings. The fourth-order valence-corrected chi connectivity index (χ4v) is 2.23. The van der Waals surface area contributed by atoms with Crippen LogP contribution in [0, 0.1) is 17.2 Å². The maximum Gasteiger partial charge on any atom is 0.272 e. The molecule has 2 unspecified atom stereocenters. The highest BCUT2D eigenvalue weighted by atomic mass is 32.1. The van der Waals surface area contributed by atoms with Crippen molar-refractivity contribution in [3.8, 4) is 6.07 Å². The van der Waals surface area contributed by atoms with Gasteiger partial charge in [0.05, 0.1) is 12.0 Å². The molecule has 78 valence electrons. The van der Waals surface area contributed by atoms with Gasteiger partial charge in [0.15, 0.2) is 5.69 Å². The van der Waals surface area contributed by atoms with Crippen molar-refractivity contribution in [1.29, 1.82) is 5.26 Å². The summed E-state index contributed by atoms with van der Waals surface area (Å²) in [4.78, 5) is 11.6. The summed E-state index contributed by atoms with van der Waals surface area (Å²) in [6.07, 6.45) is 2.75. The van der Waals surface area contributed by atoms with E-state index in [0.29, 0.717) is 5.69 Å². The summed E-state index contributed by atoms with van der Waals surface area (Å²) >= 11 is 1.15. The molecule has 1 saturated carbocycles. The van der Waals surface area contributed by atoms with Gasteiger partial charge in [-0.05, 0) is 30.8 Å². The molecular formula is C9H10N4OS. The Morgan fingerprint density at radius 1 is 1.67 bits per heavy atom. The first-order chi connectivity index (χ1) is 7.31. The number of hydrogen-bond donors (Lipinski definition) is 1. The standard InChI is InChI=1S/C9H10N4OS/c10-4-6-2-1-3-7(6)11-9(14)8-5-15-13-12-8/h5-7H,1-3H2,(H,11,14). The van der Waals surface area contributed by atoms with E-state index in [1.165, 1.54) is 0 Å². The van der Waals surface area contributed by atoms with Crippen molar-refractivity contribution in [1.82, 2.24) is 14.9 Å². The molecule has 2 rings (SSSR count). The molecule has 1 N–H and O–H groups in total. The van der Waals surface area contributed by atoms with Gasteiger partial charge in [0.1, 0.15) is 0 Å². The van der Waals surface area contributed by atoms with Crippen molar-refractivity contribution in [2.24, 2.45) is 5.92 Å². The Labute approximate surface area is 91.3 Å². The van der Waals surface area contributed by atoms with Crippen LogP contribution in [0.3, 0.4) is 0 Å². The Balaban J connectivity index is 1.98. The third-order valence-corrected chi connectivity index (χ3v) is 3.10. The first-order valence-electron chi connectivity index (χ1n) is 4.79. The fraction of sp³-hybridized carbons (Fsp3) is 0.556. The van der Waals surface area contributed by atoms with Crippen LogP contribution < -0.4 is 5.32 Å². The molecule has 0 saturated heterocycles. The Morgan fingerprint density at radius 3 is 3.20 bits per heavy atom. The van der Waals surface area contributed by atoms with Gasteiger partial charge in [-0.1, -0.05) is 4.49 Å². The van der Waals surface area contributed by atoms with Crippen LogP contribution in [0.2, 0.25) is 0 Å². The van der Waals surface area contributed by atoms with E-state index in [9.17, 15) is 4.79 Å². The summed E-state index contributed by atoms with van der Waals surface area (Å²) in [5, 5.41) is 17.0. The molecule has 1 aromatic heterocycles. The first kappa shape index (κ1) is 10.1. The summed E-state index contributed by atoms with van der Waals surface area (Å²) in [6, 6.07) is 2.19. The second kappa shape index (κ2) is 4.36. The number of nitrogens with zero attached hydrogens (tertiary/aromatic N) is 3. The summed E-state index contributed by atoms with van der Waals surface area (Å²) in [5.41, 5.74) is 0.337. The SMILES string of the molecule is N#CC1CCCC1NC(=O)c1csnn1. The molecule has 1 aliphatic rings. The van der Waals surface area contributed by atoms with Crippen LogP contribution >= 0.6 is 11.5 Å². The monoisotopic (exact) mass is 222 g/mol. The van der Waals surface area contributed by atoms with Crippen LogP contribution in [0.5, 0.6) is 0 Å². The molecule has 1 aliphatic carbocycles. The quantitative estimate of drug-likeness (QED) is 0.808. The summed E-state index contributed by atoms with van der Waals surface area (Å²) < 4.78 is 3.62. The second-order valence-corrected chi connectivity index (χ2v) is 4.15. The van der Waals surface area contributed by atoms with Crippen molar-refractivity contribution in [3.63, 3.8) is 0 Å². The minimum Gasteiger partial charge on any atom is -0.347 e. The van der Waals surface area contributed by atoms with Crippen LogP contribution in [-0.4, -0.2) is 21.5 Å². The van der Waals surface area contributed by atoms with E-state index in [1.54, 1.807) is 5.38 Å². The number of amides is 1. The molecule has 6 heteroatoms. The van der Waals surface area contributed by atoms with Gasteiger partial charge >= 0.3 is 0 Å². The van der Waals surface area contributed by atoms with E-state index in [0.717, 1.165) is 30.8 Å². The van der Waals surface area contributed by atoms with Gasteiger partial charge in [-0.15, -0.1) is 5.10 Å². The van der Waals surface area contributed by atoms with Gasteiger partial charge in [0, 0.05) is 11.4 Å². The number of nitrogens with one attached hydrogen (secondary N) is 1. The average molecular weight is 222 g/mol. The van der Waals surface area contributed by atoms with Crippen molar-refractivity contribution in [2.45, 2.75) is 25.3 Å². The van der Waals surface area contributed by atoms with Gasteiger partial charge in [-0.3, -0.25) is 4.79 Å². The highest BCUT2D eigenvalue weighted by Crippen LogP contribution is 2.24. The molecule has 2 atom stereocenters. The Bertz CT molecular complexity index is 383. The lowest BCUT2D eigenvalue weighted by molar-refractivity contribution is 0.0928. The predicted octanol–water partition coefficient (Wildman–Crippen LogP) is 0.960. The highest BCUT2D eigenvalue weighted by molar-refractivity contribution is 7.03. The van der Waals surface area contributed by atoms with Gasteiger partial charge in [0.2, 0.25) is 0 Å². The topological polar surface area (TPSA) is 78.7 Å². The number of hydrogen-bond acceptors (Lipinski definition) is 5. The predicted molar refractivity (Wildman–Crippen MR) is 54.1 cm³/mol. The second-order valence-electron chi connectivity index (χ2n) is 3.54. The van der Waals surface area contributed by atoms with Crippen LogP contribution in [0.1, 0.15) is 29.8 Å². The Hall–Kier alpha value is -1.48. The van der Waals surface area contributed by atoms with E-state index in [4.69, 9.17) is 5.26 Å². The van der Waals surface area contributed by atoms with E-state index in [1.807, 2.05) is 0 Å². The smallest absolute Gasteiger partial charge is 0.272 e. The molecular weight excluding hydrogens is 212 g/mol. The maximum absolute atomic E-state index is 11.6. The zero-order valence-corrected chi connectivity index (χ0v) is 8.83. The molecule has 0 aromatic carbocycles. The van der Waals surface area contributed by atoms with Crippen LogP contribution in [0.25, 0.3) is 0 Å². The highest BCUT2D eigenvalue weighted by Gasteiger charge is 2.28. The third-order valence-electron chi connectivity index (χ3n) is 2.59. The minimum atomic E-state index is -0.226. The maximum atomic E-state index is 11.6. The van der Waals surface area contributed by atoms with Crippen molar-refractivity contribution >= 4 is 17.4 Å². The summed E-state index contributed by atoms with van der Waals surface area (Å²) in [7, 11) is 0. The number of aromatic nitrogens is 2. The molecule has 0 spiro atoms. The molecule has 1 aromatic rings. The van der Waals surface area contributed by atoms with Crippen LogP contribution in [0.15, 0.2) is 5.38 Å². The summed E-state index contributed by atoms with van der Waals surface area (Å²) in [5.74, 6) is -0.281. The number of carbonyl (C=O) groups excluding carboxylic acids is 1. The third kappa shape index (κ3) is 2.13. The zero-order chi connectivity index (χ0) is 10.7. The van der Waals surface area contributed by atoms with Gasteiger partial charge in [-0.2, -0.15) is 5.26 Å². The van der Waals surface area contributed by atoms with E-state index < -0.39 is 0 Å². The molecule has 0 aliphatic heterocycles. The van der Waals surface area contributed by atoms with E-state index in [-0.39, 0.29) is 17.9 Å².